The van der Waals surface area contributed by atoms with Crippen molar-refractivity contribution in [2.24, 2.45) is 40.6 Å². The Kier molecular flexibility index (Phi) is 3.66. The van der Waals surface area contributed by atoms with Gasteiger partial charge in [0.1, 0.15) is 11.5 Å². The number of furan rings is 1. The van der Waals surface area contributed by atoms with E-state index in [0.717, 1.165) is 17.0 Å². The summed E-state index contributed by atoms with van der Waals surface area (Å²) in [5, 5.41) is 16.5. The van der Waals surface area contributed by atoms with Crippen LogP contribution in [0.2, 0.25) is 0 Å². The predicted molar refractivity (Wildman–Crippen MR) is 110 cm³/mol. The maximum absolute atomic E-state index is 13.0. The van der Waals surface area contributed by atoms with Crippen LogP contribution in [-0.4, -0.2) is 28.0 Å². The molecule has 31 heavy (non-hydrogen) atoms. The average Bonchev–Trinajstić information content (AvgIpc) is 3.39. The first-order valence-electron chi connectivity index (χ1n) is 10.4. The molecule has 4 aliphatic carbocycles. The van der Waals surface area contributed by atoms with Crippen molar-refractivity contribution in [3.63, 3.8) is 0 Å². The van der Waals surface area contributed by atoms with Crippen LogP contribution in [0.4, 0.5) is 5.69 Å². The van der Waals surface area contributed by atoms with Crippen molar-refractivity contribution in [2.45, 2.75) is 13.3 Å². The minimum atomic E-state index is -0.450. The number of nitro benzene ring substituents is 1. The normalized spacial score (nSPS) is 32.6. The lowest BCUT2D eigenvalue weighted by molar-refractivity contribution is -0.384. The Bertz CT molecular complexity index is 1180. The third-order valence-electron chi connectivity index (χ3n) is 7.18. The number of carbonyl (C=O) groups is 2. The molecule has 1 aromatic heterocycles. The van der Waals surface area contributed by atoms with Crippen LogP contribution in [0.3, 0.4) is 0 Å². The zero-order chi connectivity index (χ0) is 21.4. The number of allylic oxidation sites excluding steroid dienone is 2. The third-order valence-corrected chi connectivity index (χ3v) is 7.18. The van der Waals surface area contributed by atoms with E-state index in [1.807, 2.05) is 0 Å². The first kappa shape index (κ1) is 18.2. The molecular formula is C23H19N3O5. The van der Waals surface area contributed by atoms with Gasteiger partial charge >= 0.3 is 0 Å². The molecule has 1 saturated heterocycles. The highest BCUT2D eigenvalue weighted by Crippen LogP contribution is 2.65. The summed E-state index contributed by atoms with van der Waals surface area (Å²) in [6, 6.07) is 8.13. The second kappa shape index (κ2) is 6.23. The van der Waals surface area contributed by atoms with E-state index in [4.69, 9.17) is 4.42 Å². The molecule has 0 spiro atoms. The number of nitrogens with zero attached hydrogens (tertiary/aromatic N) is 3. The number of aryl methyl sites for hydroxylation is 1. The number of benzene rings is 1. The van der Waals surface area contributed by atoms with E-state index in [1.54, 1.807) is 31.2 Å². The molecule has 3 fully saturated rings. The Labute approximate surface area is 177 Å². The number of rotatable bonds is 4. The highest BCUT2D eigenvalue weighted by atomic mass is 16.6. The largest absolute Gasteiger partial charge is 0.455 e. The highest BCUT2D eigenvalue weighted by molar-refractivity contribution is 6.06. The molecule has 2 amide bonds. The molecule has 156 valence electrons. The smallest absolute Gasteiger partial charge is 0.280 e. The van der Waals surface area contributed by atoms with Gasteiger partial charge in [0.15, 0.2) is 0 Å². The Hall–Kier alpha value is -3.55. The lowest BCUT2D eigenvalue weighted by atomic mass is 9.63. The molecule has 5 aliphatic rings. The maximum Gasteiger partial charge on any atom is 0.280 e. The molecule has 7 rings (SSSR count). The second-order valence-electron chi connectivity index (χ2n) is 8.87. The minimum Gasteiger partial charge on any atom is -0.455 e. The standard InChI is InChI=1S/C23H19N3O5/c1-11-2-4-15(18(8-11)26(29)30)19-7-3-12(31-19)10-24-25-22(27)20-13-5-6-14(17-9-16(13)17)21(20)23(25)28/h2-8,10,13-14,16-17,20-21H,9H2,1H3/b24-10-/t13-,14-,16-,17+,20+,21-/m1/s1. The summed E-state index contributed by atoms with van der Waals surface area (Å²) in [5.41, 5.74) is 1.09. The summed E-state index contributed by atoms with van der Waals surface area (Å²) in [5.74, 6) is 0.922. The molecule has 0 unspecified atom stereocenters. The van der Waals surface area contributed by atoms with Gasteiger partial charge in [-0.25, -0.2) is 0 Å². The van der Waals surface area contributed by atoms with E-state index in [2.05, 4.69) is 17.3 Å². The quantitative estimate of drug-likeness (QED) is 0.249. The Morgan fingerprint density at radius 1 is 1.10 bits per heavy atom. The van der Waals surface area contributed by atoms with Crippen LogP contribution < -0.4 is 0 Å². The molecule has 1 aromatic carbocycles. The van der Waals surface area contributed by atoms with E-state index >= 15 is 0 Å². The fraction of sp³-hybridized carbons (Fsp3) is 0.348. The number of carbonyl (C=O) groups excluding carboxylic acids is 2. The molecule has 0 N–H and O–H groups in total. The summed E-state index contributed by atoms with van der Waals surface area (Å²) in [7, 11) is 0. The van der Waals surface area contributed by atoms with Crippen LogP contribution in [0, 0.1) is 52.5 Å². The van der Waals surface area contributed by atoms with Crippen molar-refractivity contribution in [3.05, 3.63) is 63.9 Å². The van der Waals surface area contributed by atoms with Gasteiger partial charge in [-0.3, -0.25) is 19.7 Å². The first-order chi connectivity index (χ1) is 14.9. The number of hydrogen-bond donors (Lipinski definition) is 0. The van der Waals surface area contributed by atoms with E-state index in [9.17, 15) is 19.7 Å². The van der Waals surface area contributed by atoms with E-state index in [-0.39, 0.29) is 41.2 Å². The minimum absolute atomic E-state index is 0.0478. The van der Waals surface area contributed by atoms with Crippen molar-refractivity contribution in [2.75, 3.05) is 0 Å². The van der Waals surface area contributed by atoms with Gasteiger partial charge in [0, 0.05) is 6.07 Å². The summed E-state index contributed by atoms with van der Waals surface area (Å²) in [6.45, 7) is 1.78. The molecule has 8 heteroatoms. The maximum atomic E-state index is 13.0. The van der Waals surface area contributed by atoms with Crippen LogP contribution in [0.1, 0.15) is 17.7 Å². The van der Waals surface area contributed by atoms with Crippen molar-refractivity contribution in [1.82, 2.24) is 5.01 Å². The van der Waals surface area contributed by atoms with Crippen LogP contribution in [-0.2, 0) is 9.59 Å². The van der Waals surface area contributed by atoms with Gasteiger partial charge in [-0.1, -0.05) is 18.2 Å². The topological polar surface area (TPSA) is 106 Å². The number of imide groups is 1. The zero-order valence-electron chi connectivity index (χ0n) is 16.7. The molecule has 1 aliphatic heterocycles. The van der Waals surface area contributed by atoms with Gasteiger partial charge < -0.3 is 4.42 Å². The average molecular weight is 417 g/mol. The molecule has 0 radical (unpaired) electrons. The number of nitro groups is 1. The first-order valence-corrected chi connectivity index (χ1v) is 10.4. The molecule has 2 heterocycles. The Balaban J connectivity index is 1.26. The van der Waals surface area contributed by atoms with Crippen molar-refractivity contribution in [3.8, 4) is 11.3 Å². The van der Waals surface area contributed by atoms with Crippen molar-refractivity contribution < 1.29 is 18.9 Å². The van der Waals surface area contributed by atoms with Crippen LogP contribution >= 0.6 is 0 Å². The van der Waals surface area contributed by atoms with E-state index < -0.39 is 4.92 Å². The van der Waals surface area contributed by atoms with Crippen molar-refractivity contribution >= 4 is 23.7 Å². The third kappa shape index (κ3) is 2.57. The second-order valence-corrected chi connectivity index (χ2v) is 8.87. The molecule has 2 bridgehead atoms. The Morgan fingerprint density at radius 2 is 1.77 bits per heavy atom. The van der Waals surface area contributed by atoms with Gasteiger partial charge in [-0.15, -0.1) is 0 Å². The van der Waals surface area contributed by atoms with Gasteiger partial charge in [-0.05, 0) is 60.8 Å². The summed E-state index contributed by atoms with van der Waals surface area (Å²) < 4.78 is 5.71. The van der Waals surface area contributed by atoms with Crippen LogP contribution in [0.15, 0.2) is 52.0 Å². The molecule has 8 nitrogen and oxygen atoms in total. The number of hydrogen-bond acceptors (Lipinski definition) is 6. The lowest BCUT2D eigenvalue weighted by Crippen LogP contribution is -2.40. The monoisotopic (exact) mass is 417 g/mol. The van der Waals surface area contributed by atoms with E-state index in [0.29, 0.717) is 28.9 Å². The fourth-order valence-corrected chi connectivity index (χ4v) is 5.74. The SMILES string of the molecule is Cc1ccc(-c2ccc(/C=N\N3C(=O)[C@@H]4[C@@H]5C=C[C@H]([C@H]6C[C@@H]56)[C@@H]4C3=O)o2)c([N+](=O)[O-])c1. The lowest BCUT2D eigenvalue weighted by Gasteiger charge is -2.37. The van der Waals surface area contributed by atoms with Gasteiger partial charge in [0.25, 0.3) is 17.5 Å². The molecule has 6 atom stereocenters. The van der Waals surface area contributed by atoms with Gasteiger partial charge in [0.05, 0.1) is 28.5 Å². The van der Waals surface area contributed by atoms with E-state index in [1.165, 1.54) is 12.3 Å². The fourth-order valence-electron chi connectivity index (χ4n) is 5.74. The highest BCUT2D eigenvalue weighted by Gasteiger charge is 2.67. The summed E-state index contributed by atoms with van der Waals surface area (Å²) in [6.07, 6.45) is 6.67. The van der Waals surface area contributed by atoms with Gasteiger partial charge in [-0.2, -0.15) is 10.1 Å². The summed E-state index contributed by atoms with van der Waals surface area (Å²) in [4.78, 5) is 36.8. The zero-order valence-corrected chi connectivity index (χ0v) is 16.7. The van der Waals surface area contributed by atoms with Crippen molar-refractivity contribution in [1.29, 1.82) is 0 Å². The molecule has 2 aromatic rings. The summed E-state index contributed by atoms with van der Waals surface area (Å²) >= 11 is 0. The van der Waals surface area contributed by atoms with Crippen LogP contribution in [0.5, 0.6) is 0 Å². The number of hydrazone groups is 1. The Morgan fingerprint density at radius 3 is 2.42 bits per heavy atom. The molecule has 2 saturated carbocycles. The predicted octanol–water partition coefficient (Wildman–Crippen LogP) is 3.55. The van der Waals surface area contributed by atoms with Gasteiger partial charge in [0.2, 0.25) is 0 Å². The number of amides is 2. The molecular weight excluding hydrogens is 398 g/mol. The van der Waals surface area contributed by atoms with Crippen LogP contribution in [0.25, 0.3) is 11.3 Å².